The van der Waals surface area contributed by atoms with E-state index in [4.69, 9.17) is 5.11 Å². The Morgan fingerprint density at radius 1 is 1.23 bits per heavy atom. The van der Waals surface area contributed by atoms with E-state index in [0.717, 1.165) is 11.8 Å². The average molecular weight is 319 g/mol. The molecule has 22 heavy (non-hydrogen) atoms. The molecule has 114 valence electrons. The van der Waals surface area contributed by atoms with Gasteiger partial charge in [-0.15, -0.1) is 11.8 Å². The van der Waals surface area contributed by atoms with Gasteiger partial charge in [-0.1, -0.05) is 24.3 Å². The van der Waals surface area contributed by atoms with E-state index in [9.17, 15) is 19.2 Å². The summed E-state index contributed by atoms with van der Waals surface area (Å²) in [6.45, 7) is 1.21. The van der Waals surface area contributed by atoms with Crippen molar-refractivity contribution in [2.45, 2.75) is 13.0 Å². The number of rotatable bonds is 5. The molecule has 0 fully saturated rings. The van der Waals surface area contributed by atoms with Gasteiger partial charge >= 0.3 is 5.97 Å². The van der Waals surface area contributed by atoms with Crippen LogP contribution in [0.5, 0.6) is 0 Å². The van der Waals surface area contributed by atoms with E-state index in [1.165, 1.54) is 13.0 Å². The molecular formula is C15H13NO5S. The van der Waals surface area contributed by atoms with Crippen LogP contribution in [0.1, 0.15) is 27.6 Å². The van der Waals surface area contributed by atoms with Gasteiger partial charge in [0.15, 0.2) is 11.6 Å². The first-order valence-corrected chi connectivity index (χ1v) is 7.41. The molecule has 0 heterocycles. The van der Waals surface area contributed by atoms with Crippen molar-refractivity contribution in [3.05, 3.63) is 46.4 Å². The molecule has 0 aliphatic heterocycles. The Morgan fingerprint density at radius 2 is 1.86 bits per heavy atom. The minimum absolute atomic E-state index is 0.0397. The molecule has 0 radical (unpaired) electrons. The fourth-order valence-electron chi connectivity index (χ4n) is 1.99. The summed E-state index contributed by atoms with van der Waals surface area (Å²) in [7, 11) is 0. The number of thioether (sulfide) groups is 1. The predicted octanol–water partition coefficient (Wildman–Crippen LogP) is 1.27. The van der Waals surface area contributed by atoms with Crippen molar-refractivity contribution < 1.29 is 24.3 Å². The van der Waals surface area contributed by atoms with E-state index in [1.807, 2.05) is 0 Å². The number of benzene rings is 1. The maximum absolute atomic E-state index is 12.3. The largest absolute Gasteiger partial charge is 0.480 e. The van der Waals surface area contributed by atoms with Crippen LogP contribution in [-0.2, 0) is 9.59 Å². The minimum atomic E-state index is -1.20. The Labute approximate surface area is 130 Å². The number of carboxylic acids is 1. The van der Waals surface area contributed by atoms with Gasteiger partial charge in [0.1, 0.15) is 6.04 Å². The Bertz CT molecular complexity index is 695. The van der Waals surface area contributed by atoms with Gasteiger partial charge in [-0.2, -0.15) is 0 Å². The molecule has 1 aliphatic rings. The molecule has 7 heteroatoms. The van der Waals surface area contributed by atoms with Crippen molar-refractivity contribution in [1.82, 2.24) is 5.32 Å². The van der Waals surface area contributed by atoms with Crippen molar-refractivity contribution in [2.24, 2.45) is 0 Å². The molecule has 0 aromatic heterocycles. The number of carboxylic acid groups (broad SMARTS) is 1. The van der Waals surface area contributed by atoms with E-state index in [1.54, 1.807) is 24.3 Å². The van der Waals surface area contributed by atoms with Crippen molar-refractivity contribution in [1.29, 1.82) is 0 Å². The number of carbonyl (C=O) groups is 4. The summed E-state index contributed by atoms with van der Waals surface area (Å²) < 4.78 is 0. The molecule has 1 aromatic rings. The van der Waals surface area contributed by atoms with Crippen LogP contribution in [0.2, 0.25) is 0 Å². The Morgan fingerprint density at radius 3 is 2.45 bits per heavy atom. The van der Waals surface area contributed by atoms with Crippen LogP contribution in [-0.4, -0.2) is 40.3 Å². The summed E-state index contributed by atoms with van der Waals surface area (Å²) in [6.07, 6.45) is 1.21. The Kier molecular flexibility index (Phi) is 4.77. The second kappa shape index (κ2) is 6.57. The topological polar surface area (TPSA) is 101 Å². The van der Waals surface area contributed by atoms with Gasteiger partial charge in [0.25, 0.3) is 0 Å². The van der Waals surface area contributed by atoms with Gasteiger partial charge in [0.2, 0.25) is 5.91 Å². The first-order chi connectivity index (χ1) is 10.4. The number of nitrogens with one attached hydrogen (secondary N) is 1. The van der Waals surface area contributed by atoms with Gasteiger partial charge in [0.05, 0.1) is 4.91 Å². The number of aliphatic carboxylic acids is 1. The van der Waals surface area contributed by atoms with E-state index in [-0.39, 0.29) is 22.2 Å². The third-order valence-corrected chi connectivity index (χ3v) is 4.12. The number of amides is 1. The van der Waals surface area contributed by atoms with Crippen molar-refractivity contribution in [2.75, 3.05) is 5.75 Å². The smallest absolute Gasteiger partial charge is 0.327 e. The van der Waals surface area contributed by atoms with Crippen molar-refractivity contribution in [3.8, 4) is 0 Å². The summed E-state index contributed by atoms with van der Waals surface area (Å²) in [5.74, 6) is -2.31. The SMILES string of the molecule is CC(=O)N[C@@H](CSC1=CC(=O)c2ccccc2C1=O)C(=O)O. The van der Waals surface area contributed by atoms with Crippen LogP contribution >= 0.6 is 11.8 Å². The molecule has 1 aliphatic carbocycles. The molecule has 0 unspecified atom stereocenters. The van der Waals surface area contributed by atoms with Crippen LogP contribution in [0, 0.1) is 0 Å². The molecule has 2 N–H and O–H groups in total. The zero-order chi connectivity index (χ0) is 16.3. The number of Topliss-reactive ketones (excluding diaryl/α,β-unsaturated/α-hetero) is 1. The normalized spacial score (nSPS) is 14.9. The summed E-state index contributed by atoms with van der Waals surface area (Å²) in [5, 5.41) is 11.3. The highest BCUT2D eigenvalue weighted by Crippen LogP contribution is 2.28. The number of ketones is 2. The first kappa shape index (κ1) is 16.0. The van der Waals surface area contributed by atoms with Crippen molar-refractivity contribution in [3.63, 3.8) is 0 Å². The molecule has 2 rings (SSSR count). The number of carbonyl (C=O) groups excluding carboxylic acids is 3. The number of fused-ring (bicyclic) bond motifs is 1. The monoisotopic (exact) mass is 319 g/mol. The molecule has 0 saturated carbocycles. The summed E-state index contributed by atoms with van der Waals surface area (Å²) >= 11 is 0.946. The van der Waals surface area contributed by atoms with Gasteiger partial charge in [-0.25, -0.2) is 4.79 Å². The van der Waals surface area contributed by atoms with Crippen LogP contribution in [0.4, 0.5) is 0 Å². The van der Waals surface area contributed by atoms with Gasteiger partial charge < -0.3 is 10.4 Å². The molecule has 6 nitrogen and oxygen atoms in total. The highest BCUT2D eigenvalue weighted by atomic mass is 32.2. The molecule has 1 amide bonds. The van der Waals surface area contributed by atoms with E-state index in [0.29, 0.717) is 11.1 Å². The van der Waals surface area contributed by atoms with E-state index < -0.39 is 17.9 Å². The average Bonchev–Trinajstić information content (AvgIpc) is 2.47. The van der Waals surface area contributed by atoms with Gasteiger partial charge in [0, 0.05) is 29.9 Å². The van der Waals surface area contributed by atoms with E-state index >= 15 is 0 Å². The highest BCUT2D eigenvalue weighted by Gasteiger charge is 2.27. The Hall–Kier alpha value is -2.41. The second-order valence-corrected chi connectivity index (χ2v) is 5.71. The molecular weight excluding hydrogens is 306 g/mol. The predicted molar refractivity (Wildman–Crippen MR) is 80.9 cm³/mol. The molecule has 0 spiro atoms. The van der Waals surface area contributed by atoms with Crippen LogP contribution < -0.4 is 5.32 Å². The first-order valence-electron chi connectivity index (χ1n) is 6.42. The zero-order valence-corrected chi connectivity index (χ0v) is 12.5. The number of hydrogen-bond acceptors (Lipinski definition) is 5. The maximum atomic E-state index is 12.3. The molecule has 0 bridgehead atoms. The zero-order valence-electron chi connectivity index (χ0n) is 11.7. The highest BCUT2D eigenvalue weighted by molar-refractivity contribution is 8.04. The van der Waals surface area contributed by atoms with E-state index in [2.05, 4.69) is 5.32 Å². The lowest BCUT2D eigenvalue weighted by Gasteiger charge is -2.17. The number of hydrogen-bond donors (Lipinski definition) is 2. The summed E-state index contributed by atoms with van der Waals surface area (Å²) in [6, 6.07) is 5.35. The lowest BCUT2D eigenvalue weighted by molar-refractivity contribution is -0.140. The summed E-state index contributed by atoms with van der Waals surface area (Å²) in [5.41, 5.74) is 0.650. The standard InChI is InChI=1S/C15H13NO5S/c1-8(17)16-11(15(20)21)7-22-13-6-12(18)9-4-2-3-5-10(9)14(13)19/h2-6,11H,7H2,1H3,(H,16,17)(H,20,21)/t11-/m0/s1. The fraction of sp³-hybridized carbons (Fsp3) is 0.200. The van der Waals surface area contributed by atoms with Gasteiger partial charge in [-0.3, -0.25) is 14.4 Å². The van der Waals surface area contributed by atoms with Crippen LogP contribution in [0.3, 0.4) is 0 Å². The second-order valence-electron chi connectivity index (χ2n) is 4.65. The van der Waals surface area contributed by atoms with Crippen molar-refractivity contribution >= 4 is 35.2 Å². The minimum Gasteiger partial charge on any atom is -0.480 e. The van der Waals surface area contributed by atoms with Crippen LogP contribution in [0.25, 0.3) is 0 Å². The summed E-state index contributed by atoms with van der Waals surface area (Å²) in [4.78, 5) is 46.5. The third kappa shape index (κ3) is 3.43. The molecule has 0 saturated heterocycles. The lowest BCUT2D eigenvalue weighted by Crippen LogP contribution is -2.41. The maximum Gasteiger partial charge on any atom is 0.327 e. The molecule has 1 aromatic carbocycles. The quantitative estimate of drug-likeness (QED) is 0.848. The molecule has 1 atom stereocenters. The van der Waals surface area contributed by atoms with Crippen LogP contribution in [0.15, 0.2) is 35.2 Å². The fourth-order valence-corrected chi connectivity index (χ4v) is 3.00. The third-order valence-electron chi connectivity index (χ3n) is 3.00. The lowest BCUT2D eigenvalue weighted by atomic mass is 9.95. The van der Waals surface area contributed by atoms with Gasteiger partial charge in [-0.05, 0) is 0 Å². The number of allylic oxidation sites excluding steroid dienone is 2. The Balaban J connectivity index is 2.14.